The highest BCUT2D eigenvalue weighted by Crippen LogP contribution is 2.35. The second kappa shape index (κ2) is 6.99. The maximum atomic E-state index is 10.5. The van der Waals surface area contributed by atoms with Crippen LogP contribution in [-0.2, 0) is 6.42 Å². The number of rotatable bonds is 6. The first kappa shape index (κ1) is 15.2. The first-order valence-electron chi connectivity index (χ1n) is 6.71. The van der Waals surface area contributed by atoms with Gasteiger partial charge in [0.25, 0.3) is 0 Å². The number of methoxy groups -OCH3 is 3. The topological polar surface area (TPSA) is 47.9 Å². The number of ether oxygens (including phenoxy) is 3. The van der Waals surface area contributed by atoms with Crippen molar-refractivity contribution in [2.45, 2.75) is 12.5 Å². The van der Waals surface area contributed by atoms with Gasteiger partial charge >= 0.3 is 0 Å². The Bertz CT molecular complexity index is 595. The molecule has 0 heterocycles. The fourth-order valence-electron chi connectivity index (χ4n) is 2.31. The predicted molar refractivity (Wildman–Crippen MR) is 81.2 cm³/mol. The van der Waals surface area contributed by atoms with E-state index in [0.717, 1.165) is 11.3 Å². The molecule has 0 aromatic heterocycles. The molecule has 2 aromatic carbocycles. The Morgan fingerprint density at radius 2 is 1.71 bits per heavy atom. The maximum Gasteiger partial charge on any atom is 0.166 e. The molecule has 1 unspecified atom stereocenters. The monoisotopic (exact) mass is 288 g/mol. The molecule has 0 aliphatic carbocycles. The van der Waals surface area contributed by atoms with E-state index in [1.54, 1.807) is 27.4 Å². The average molecular weight is 288 g/mol. The molecule has 4 heteroatoms. The van der Waals surface area contributed by atoms with Gasteiger partial charge in [-0.2, -0.15) is 0 Å². The number of aliphatic hydroxyl groups is 1. The van der Waals surface area contributed by atoms with Crippen molar-refractivity contribution >= 4 is 0 Å². The minimum Gasteiger partial charge on any atom is -0.497 e. The number of para-hydroxylation sites is 1. The summed E-state index contributed by atoms with van der Waals surface area (Å²) in [5.74, 6) is 1.95. The summed E-state index contributed by atoms with van der Waals surface area (Å²) >= 11 is 0. The van der Waals surface area contributed by atoms with Crippen LogP contribution >= 0.6 is 0 Å². The molecule has 0 saturated carbocycles. The van der Waals surface area contributed by atoms with Gasteiger partial charge in [0, 0.05) is 12.0 Å². The van der Waals surface area contributed by atoms with E-state index in [-0.39, 0.29) is 0 Å². The summed E-state index contributed by atoms with van der Waals surface area (Å²) in [4.78, 5) is 0. The summed E-state index contributed by atoms with van der Waals surface area (Å²) in [6.07, 6.45) is -0.206. The Balaban J connectivity index is 2.25. The summed E-state index contributed by atoms with van der Waals surface area (Å²) in [5, 5.41) is 10.5. The Morgan fingerprint density at radius 1 is 0.952 bits per heavy atom. The maximum absolute atomic E-state index is 10.5. The number of hydrogen-bond donors (Lipinski definition) is 1. The largest absolute Gasteiger partial charge is 0.497 e. The number of aliphatic hydroxyl groups excluding tert-OH is 1. The summed E-state index contributed by atoms with van der Waals surface area (Å²) in [6.45, 7) is 0. The molecule has 2 rings (SSSR count). The Kier molecular flexibility index (Phi) is 5.06. The SMILES string of the molecule is COc1cccc(CC(O)c2cccc(OC)c2OC)c1. The van der Waals surface area contributed by atoms with Crippen LogP contribution in [0.1, 0.15) is 17.2 Å². The lowest BCUT2D eigenvalue weighted by atomic mass is 10.00. The third-order valence-corrected chi connectivity index (χ3v) is 3.36. The first-order chi connectivity index (χ1) is 10.2. The lowest BCUT2D eigenvalue weighted by Gasteiger charge is -2.17. The van der Waals surface area contributed by atoms with E-state index in [1.165, 1.54) is 0 Å². The molecular weight excluding hydrogens is 268 g/mol. The third-order valence-electron chi connectivity index (χ3n) is 3.36. The Hall–Kier alpha value is -2.20. The molecule has 0 spiro atoms. The van der Waals surface area contributed by atoms with Crippen molar-refractivity contribution < 1.29 is 19.3 Å². The Labute approximate surface area is 124 Å². The highest BCUT2D eigenvalue weighted by atomic mass is 16.5. The number of hydrogen-bond acceptors (Lipinski definition) is 4. The standard InChI is InChI=1S/C17H20O4/c1-19-13-7-4-6-12(10-13)11-15(18)14-8-5-9-16(20-2)17(14)21-3/h4-10,15,18H,11H2,1-3H3. The van der Waals surface area contributed by atoms with Crippen LogP contribution in [0.2, 0.25) is 0 Å². The minimum absolute atomic E-state index is 0.473. The summed E-state index contributed by atoms with van der Waals surface area (Å²) in [6, 6.07) is 13.1. The van der Waals surface area contributed by atoms with Crippen LogP contribution in [0.15, 0.2) is 42.5 Å². The molecule has 112 valence electrons. The zero-order valence-electron chi connectivity index (χ0n) is 12.5. The van der Waals surface area contributed by atoms with E-state index in [9.17, 15) is 5.11 Å². The van der Waals surface area contributed by atoms with Crippen LogP contribution in [0.5, 0.6) is 17.2 Å². The smallest absolute Gasteiger partial charge is 0.166 e. The van der Waals surface area contributed by atoms with Gasteiger partial charge < -0.3 is 19.3 Å². The quantitative estimate of drug-likeness (QED) is 0.887. The zero-order chi connectivity index (χ0) is 15.2. The van der Waals surface area contributed by atoms with Gasteiger partial charge in [-0.25, -0.2) is 0 Å². The van der Waals surface area contributed by atoms with Crippen molar-refractivity contribution in [3.05, 3.63) is 53.6 Å². The van der Waals surface area contributed by atoms with E-state index < -0.39 is 6.10 Å². The van der Waals surface area contributed by atoms with E-state index in [2.05, 4.69) is 0 Å². The minimum atomic E-state index is -0.679. The van der Waals surface area contributed by atoms with Gasteiger partial charge in [0.1, 0.15) is 5.75 Å². The number of benzene rings is 2. The van der Waals surface area contributed by atoms with Gasteiger partial charge in [0.15, 0.2) is 11.5 Å². The fraction of sp³-hybridized carbons (Fsp3) is 0.294. The van der Waals surface area contributed by atoms with Crippen LogP contribution in [0.25, 0.3) is 0 Å². The van der Waals surface area contributed by atoms with Crippen molar-refractivity contribution in [1.29, 1.82) is 0 Å². The molecule has 0 saturated heterocycles. The van der Waals surface area contributed by atoms with Crippen LogP contribution in [0.4, 0.5) is 0 Å². The highest BCUT2D eigenvalue weighted by molar-refractivity contribution is 5.48. The summed E-state index contributed by atoms with van der Waals surface area (Å²) in [7, 11) is 4.77. The van der Waals surface area contributed by atoms with Crippen LogP contribution in [0, 0.1) is 0 Å². The molecule has 21 heavy (non-hydrogen) atoms. The van der Waals surface area contributed by atoms with Gasteiger partial charge in [-0.15, -0.1) is 0 Å². The normalized spacial score (nSPS) is 11.8. The molecule has 4 nitrogen and oxygen atoms in total. The molecule has 2 aromatic rings. The van der Waals surface area contributed by atoms with Crippen LogP contribution in [0.3, 0.4) is 0 Å². The zero-order valence-corrected chi connectivity index (χ0v) is 12.5. The van der Waals surface area contributed by atoms with Gasteiger partial charge in [-0.1, -0.05) is 24.3 Å². The van der Waals surface area contributed by atoms with Crippen molar-refractivity contribution in [3.8, 4) is 17.2 Å². The Morgan fingerprint density at radius 3 is 2.38 bits per heavy atom. The average Bonchev–Trinajstić information content (AvgIpc) is 2.53. The lowest BCUT2D eigenvalue weighted by molar-refractivity contribution is 0.173. The van der Waals surface area contributed by atoms with Crippen LogP contribution in [-0.4, -0.2) is 26.4 Å². The van der Waals surface area contributed by atoms with Gasteiger partial charge in [0.05, 0.1) is 27.4 Å². The fourth-order valence-corrected chi connectivity index (χ4v) is 2.31. The molecule has 0 aliphatic heterocycles. The van der Waals surface area contributed by atoms with Gasteiger partial charge in [-0.05, 0) is 23.8 Å². The summed E-state index contributed by atoms with van der Waals surface area (Å²) < 4.78 is 15.8. The second-order valence-electron chi connectivity index (χ2n) is 4.65. The van der Waals surface area contributed by atoms with E-state index in [0.29, 0.717) is 23.5 Å². The van der Waals surface area contributed by atoms with Crippen LogP contribution < -0.4 is 14.2 Å². The lowest BCUT2D eigenvalue weighted by Crippen LogP contribution is -2.05. The van der Waals surface area contributed by atoms with Crippen molar-refractivity contribution in [1.82, 2.24) is 0 Å². The molecule has 0 fully saturated rings. The van der Waals surface area contributed by atoms with E-state index >= 15 is 0 Å². The molecule has 0 aliphatic rings. The molecule has 1 N–H and O–H groups in total. The molecule has 0 bridgehead atoms. The van der Waals surface area contributed by atoms with E-state index in [1.807, 2.05) is 36.4 Å². The molecule has 0 radical (unpaired) electrons. The van der Waals surface area contributed by atoms with Gasteiger partial charge in [-0.3, -0.25) is 0 Å². The summed E-state index contributed by atoms with van der Waals surface area (Å²) in [5.41, 5.74) is 1.70. The van der Waals surface area contributed by atoms with E-state index in [4.69, 9.17) is 14.2 Å². The van der Waals surface area contributed by atoms with Gasteiger partial charge in [0.2, 0.25) is 0 Å². The van der Waals surface area contributed by atoms with Crippen molar-refractivity contribution in [2.75, 3.05) is 21.3 Å². The second-order valence-corrected chi connectivity index (χ2v) is 4.65. The van der Waals surface area contributed by atoms with Crippen molar-refractivity contribution in [3.63, 3.8) is 0 Å². The first-order valence-corrected chi connectivity index (χ1v) is 6.71. The highest BCUT2D eigenvalue weighted by Gasteiger charge is 2.17. The molecular formula is C17H20O4. The third kappa shape index (κ3) is 3.47. The van der Waals surface area contributed by atoms with Crippen molar-refractivity contribution in [2.24, 2.45) is 0 Å². The predicted octanol–water partition coefficient (Wildman–Crippen LogP) is 2.99. The molecule has 1 atom stereocenters. The molecule has 0 amide bonds.